The first-order valence-electron chi connectivity index (χ1n) is 5.91. The van der Waals surface area contributed by atoms with Gasteiger partial charge in [-0.3, -0.25) is 4.79 Å². The van der Waals surface area contributed by atoms with E-state index in [2.05, 4.69) is 15.5 Å². The molecule has 0 saturated heterocycles. The number of carbonyl (C=O) groups excluding carboxylic acids is 1. The third kappa shape index (κ3) is 2.30. The lowest BCUT2D eigenvalue weighted by Gasteiger charge is -2.05. The summed E-state index contributed by atoms with van der Waals surface area (Å²) in [5.74, 6) is 0.684. The van der Waals surface area contributed by atoms with E-state index >= 15 is 0 Å². The van der Waals surface area contributed by atoms with Crippen LogP contribution in [0.25, 0.3) is 0 Å². The van der Waals surface area contributed by atoms with Gasteiger partial charge >= 0.3 is 0 Å². The Balaban J connectivity index is 2.21. The van der Waals surface area contributed by atoms with Gasteiger partial charge in [0.05, 0.1) is 6.20 Å². The molecule has 0 fully saturated rings. The minimum atomic E-state index is -0.175. The average molecular weight is 247 g/mol. The maximum Gasteiger partial charge on any atom is 0.272 e. The van der Waals surface area contributed by atoms with Crippen LogP contribution in [0.5, 0.6) is 0 Å². The molecule has 5 heteroatoms. The molecule has 2 aromatic rings. The zero-order valence-electron chi connectivity index (χ0n) is 11.0. The number of aromatic nitrogens is 2. The third-order valence-electron chi connectivity index (χ3n) is 2.75. The van der Waals surface area contributed by atoms with Crippen LogP contribution in [0.15, 0.2) is 16.8 Å². The molecule has 0 aromatic carbocycles. The number of amides is 1. The number of nitrogens with one attached hydrogen (secondary N) is 2. The molecule has 18 heavy (non-hydrogen) atoms. The van der Waals surface area contributed by atoms with Crippen LogP contribution >= 0.6 is 0 Å². The van der Waals surface area contributed by atoms with Gasteiger partial charge in [-0.1, -0.05) is 19.0 Å². The molecule has 0 unspecified atom stereocenters. The van der Waals surface area contributed by atoms with Crippen molar-refractivity contribution in [3.8, 4) is 0 Å². The largest absolute Gasteiger partial charge is 0.359 e. The molecule has 0 radical (unpaired) electrons. The highest BCUT2D eigenvalue weighted by atomic mass is 16.5. The summed E-state index contributed by atoms with van der Waals surface area (Å²) in [6.45, 7) is 7.79. The lowest BCUT2D eigenvalue weighted by atomic mass is 10.1. The van der Waals surface area contributed by atoms with Crippen LogP contribution in [0, 0.1) is 13.8 Å². The predicted octanol–water partition coefficient (Wildman–Crippen LogP) is 3.00. The summed E-state index contributed by atoms with van der Waals surface area (Å²) in [7, 11) is 0. The van der Waals surface area contributed by atoms with E-state index < -0.39 is 0 Å². The van der Waals surface area contributed by atoms with Crippen LogP contribution in [0.3, 0.4) is 0 Å². The SMILES string of the molecule is Cc1cc(C)c(C(=O)Nc2cnoc2C(C)C)[nH]1. The molecule has 0 aliphatic rings. The van der Waals surface area contributed by atoms with Gasteiger partial charge < -0.3 is 14.8 Å². The smallest absolute Gasteiger partial charge is 0.272 e. The Bertz CT molecular complexity index is 567. The number of rotatable bonds is 3. The highest BCUT2D eigenvalue weighted by Crippen LogP contribution is 2.24. The first kappa shape index (κ1) is 12.4. The predicted molar refractivity (Wildman–Crippen MR) is 68.8 cm³/mol. The van der Waals surface area contributed by atoms with E-state index in [1.807, 2.05) is 33.8 Å². The van der Waals surface area contributed by atoms with Crippen LogP contribution in [0.1, 0.15) is 47.3 Å². The molecule has 0 aliphatic carbocycles. The van der Waals surface area contributed by atoms with E-state index in [1.165, 1.54) is 6.20 Å². The quantitative estimate of drug-likeness (QED) is 0.875. The minimum Gasteiger partial charge on any atom is -0.359 e. The molecule has 1 amide bonds. The zero-order chi connectivity index (χ0) is 13.3. The normalized spacial score (nSPS) is 10.9. The van der Waals surface area contributed by atoms with Crippen molar-refractivity contribution in [1.29, 1.82) is 0 Å². The van der Waals surface area contributed by atoms with Crippen LogP contribution in [-0.2, 0) is 0 Å². The Kier molecular flexibility index (Phi) is 3.23. The number of anilines is 1. The van der Waals surface area contributed by atoms with Crippen molar-refractivity contribution in [3.05, 3.63) is 35.0 Å². The second kappa shape index (κ2) is 4.68. The Morgan fingerprint density at radius 2 is 2.17 bits per heavy atom. The monoisotopic (exact) mass is 247 g/mol. The van der Waals surface area contributed by atoms with E-state index in [4.69, 9.17) is 4.52 Å². The summed E-state index contributed by atoms with van der Waals surface area (Å²) in [5.41, 5.74) is 3.09. The van der Waals surface area contributed by atoms with Crippen LogP contribution in [-0.4, -0.2) is 16.0 Å². The van der Waals surface area contributed by atoms with Gasteiger partial charge in [0.15, 0.2) is 5.76 Å². The number of aryl methyl sites for hydroxylation is 2. The van der Waals surface area contributed by atoms with Gasteiger partial charge in [-0.2, -0.15) is 0 Å². The van der Waals surface area contributed by atoms with Crippen molar-refractivity contribution in [1.82, 2.24) is 10.1 Å². The molecule has 5 nitrogen and oxygen atoms in total. The highest BCUT2D eigenvalue weighted by molar-refractivity contribution is 6.04. The molecule has 0 aliphatic heterocycles. The van der Waals surface area contributed by atoms with Gasteiger partial charge in [-0.25, -0.2) is 0 Å². The lowest BCUT2D eigenvalue weighted by Crippen LogP contribution is -2.14. The molecule has 2 N–H and O–H groups in total. The topological polar surface area (TPSA) is 70.9 Å². The van der Waals surface area contributed by atoms with Crippen molar-refractivity contribution in [3.63, 3.8) is 0 Å². The summed E-state index contributed by atoms with van der Waals surface area (Å²) in [6, 6.07) is 1.94. The Labute approximate surface area is 106 Å². The van der Waals surface area contributed by atoms with E-state index in [-0.39, 0.29) is 11.8 Å². The second-order valence-corrected chi connectivity index (χ2v) is 4.72. The molecule has 0 atom stereocenters. The first-order chi connectivity index (χ1) is 8.49. The summed E-state index contributed by atoms with van der Waals surface area (Å²) in [5, 5.41) is 6.53. The molecule has 0 saturated carbocycles. The second-order valence-electron chi connectivity index (χ2n) is 4.72. The van der Waals surface area contributed by atoms with E-state index in [0.717, 1.165) is 11.3 Å². The summed E-state index contributed by atoms with van der Waals surface area (Å²) in [6.07, 6.45) is 1.53. The Morgan fingerprint density at radius 3 is 2.72 bits per heavy atom. The van der Waals surface area contributed by atoms with E-state index in [1.54, 1.807) is 0 Å². The fraction of sp³-hybridized carbons (Fsp3) is 0.385. The standard InChI is InChI=1S/C13H17N3O2/c1-7(2)12-10(6-14-18-12)16-13(17)11-8(3)5-9(4)15-11/h5-7,15H,1-4H3,(H,16,17). The van der Waals surface area contributed by atoms with Crippen molar-refractivity contribution < 1.29 is 9.32 Å². The first-order valence-corrected chi connectivity index (χ1v) is 5.91. The number of hydrogen-bond donors (Lipinski definition) is 2. The van der Waals surface area contributed by atoms with Crippen LogP contribution in [0.2, 0.25) is 0 Å². The molecule has 2 rings (SSSR count). The fourth-order valence-electron chi connectivity index (χ4n) is 1.91. The Hall–Kier alpha value is -2.04. The van der Waals surface area contributed by atoms with Gasteiger partial charge in [-0.15, -0.1) is 0 Å². The van der Waals surface area contributed by atoms with Crippen molar-refractivity contribution >= 4 is 11.6 Å². The van der Waals surface area contributed by atoms with Gasteiger partial charge in [0, 0.05) is 11.6 Å². The molecule has 2 heterocycles. The number of aromatic amines is 1. The molecule has 2 aromatic heterocycles. The maximum absolute atomic E-state index is 12.1. The third-order valence-corrected chi connectivity index (χ3v) is 2.75. The molecular weight excluding hydrogens is 230 g/mol. The van der Waals surface area contributed by atoms with Gasteiger partial charge in [-0.05, 0) is 25.5 Å². The van der Waals surface area contributed by atoms with Gasteiger partial charge in [0.2, 0.25) is 0 Å². The highest BCUT2D eigenvalue weighted by Gasteiger charge is 2.17. The molecule has 0 spiro atoms. The number of H-pyrrole nitrogens is 1. The van der Waals surface area contributed by atoms with Crippen molar-refractivity contribution in [2.75, 3.05) is 5.32 Å². The molecule has 96 valence electrons. The zero-order valence-corrected chi connectivity index (χ0v) is 11.0. The van der Waals surface area contributed by atoms with Crippen LogP contribution < -0.4 is 5.32 Å². The van der Waals surface area contributed by atoms with E-state index in [9.17, 15) is 4.79 Å². The van der Waals surface area contributed by atoms with Crippen molar-refractivity contribution in [2.24, 2.45) is 0 Å². The number of nitrogens with zero attached hydrogens (tertiary/aromatic N) is 1. The summed E-state index contributed by atoms with van der Waals surface area (Å²) >= 11 is 0. The van der Waals surface area contributed by atoms with E-state index in [0.29, 0.717) is 17.1 Å². The van der Waals surface area contributed by atoms with Gasteiger partial charge in [0.1, 0.15) is 11.4 Å². The number of hydrogen-bond acceptors (Lipinski definition) is 3. The summed E-state index contributed by atoms with van der Waals surface area (Å²) in [4.78, 5) is 15.2. The number of carbonyl (C=O) groups is 1. The van der Waals surface area contributed by atoms with Gasteiger partial charge in [0.25, 0.3) is 5.91 Å². The minimum absolute atomic E-state index is 0.175. The average Bonchev–Trinajstić information content (AvgIpc) is 2.85. The maximum atomic E-state index is 12.1. The molecule has 0 bridgehead atoms. The fourth-order valence-corrected chi connectivity index (χ4v) is 1.91. The van der Waals surface area contributed by atoms with Crippen LogP contribution in [0.4, 0.5) is 5.69 Å². The lowest BCUT2D eigenvalue weighted by molar-refractivity contribution is 0.102. The summed E-state index contributed by atoms with van der Waals surface area (Å²) < 4.78 is 5.12. The molecular formula is C13H17N3O2. The Morgan fingerprint density at radius 1 is 1.44 bits per heavy atom. The van der Waals surface area contributed by atoms with Crippen molar-refractivity contribution in [2.45, 2.75) is 33.6 Å².